The molecule has 12 heteroatoms. The van der Waals surface area contributed by atoms with Crippen molar-refractivity contribution in [2.45, 2.75) is 30.4 Å². The van der Waals surface area contributed by atoms with Gasteiger partial charge < -0.3 is 19.7 Å². The lowest BCUT2D eigenvalue weighted by Crippen LogP contribution is -2.48. The zero-order valence-corrected chi connectivity index (χ0v) is 19.3. The second-order valence-corrected chi connectivity index (χ2v) is 10.2. The van der Waals surface area contributed by atoms with E-state index in [-0.39, 0.29) is 46.7 Å². The number of benzene rings is 1. The Hall–Kier alpha value is -3.29. The van der Waals surface area contributed by atoms with Crippen LogP contribution in [0.5, 0.6) is 11.5 Å². The molecule has 1 aromatic carbocycles. The lowest BCUT2D eigenvalue weighted by atomic mass is 10.0. The normalized spacial score (nSPS) is 20.6. The fraction of sp³-hybridized carbons (Fsp3) is 0.409. The number of aromatic nitrogens is 1. The molecule has 1 aromatic heterocycles. The Kier molecular flexibility index (Phi) is 7.38. The van der Waals surface area contributed by atoms with E-state index >= 15 is 0 Å². The van der Waals surface area contributed by atoms with Gasteiger partial charge in [-0.15, -0.1) is 0 Å². The molecular formula is C22H23FN4O6S. The van der Waals surface area contributed by atoms with Gasteiger partial charge in [-0.25, -0.2) is 17.8 Å². The van der Waals surface area contributed by atoms with E-state index in [4.69, 9.17) is 20.0 Å². The van der Waals surface area contributed by atoms with Gasteiger partial charge in [-0.3, -0.25) is 0 Å². The number of aliphatic hydroxyl groups is 2. The second-order valence-electron chi connectivity index (χ2n) is 8.25. The molecule has 180 valence electrons. The van der Waals surface area contributed by atoms with Crippen LogP contribution in [-0.4, -0.2) is 65.9 Å². The van der Waals surface area contributed by atoms with Crippen LogP contribution in [0.1, 0.15) is 25.1 Å². The maximum absolute atomic E-state index is 14.3. The lowest BCUT2D eigenvalue weighted by molar-refractivity contribution is -0.0647. The molecule has 2 heterocycles. The quantitative estimate of drug-likeness (QED) is 0.554. The third kappa shape index (κ3) is 5.11. The molecule has 2 N–H and O–H groups in total. The summed E-state index contributed by atoms with van der Waals surface area (Å²) >= 11 is 0. The Morgan fingerprint density at radius 1 is 1.29 bits per heavy atom. The van der Waals surface area contributed by atoms with Crippen molar-refractivity contribution in [2.24, 2.45) is 5.92 Å². The summed E-state index contributed by atoms with van der Waals surface area (Å²) in [4.78, 5) is 3.55. The predicted octanol–water partition coefficient (Wildman–Crippen LogP) is 1.17. The number of hydrogen-bond acceptors (Lipinski definition) is 9. The van der Waals surface area contributed by atoms with Crippen LogP contribution in [0.15, 0.2) is 35.4 Å². The molecule has 0 radical (unpaired) electrons. The Morgan fingerprint density at radius 3 is 2.59 bits per heavy atom. The summed E-state index contributed by atoms with van der Waals surface area (Å²) < 4.78 is 52.7. The molecular weight excluding hydrogens is 467 g/mol. The van der Waals surface area contributed by atoms with Crippen molar-refractivity contribution in [1.29, 1.82) is 10.5 Å². The van der Waals surface area contributed by atoms with Gasteiger partial charge in [0.1, 0.15) is 40.3 Å². The number of pyridine rings is 1. The summed E-state index contributed by atoms with van der Waals surface area (Å²) in [6, 6.07) is 8.04. The number of nitrogens with zero attached hydrogens (tertiary/aromatic N) is 4. The first-order valence-corrected chi connectivity index (χ1v) is 11.7. The number of sulfonamides is 1. The van der Waals surface area contributed by atoms with Gasteiger partial charge in [0, 0.05) is 24.9 Å². The maximum Gasteiger partial charge on any atom is 0.244 e. The van der Waals surface area contributed by atoms with E-state index in [1.807, 2.05) is 13.8 Å². The molecule has 0 bridgehead atoms. The smallest absolute Gasteiger partial charge is 0.244 e. The van der Waals surface area contributed by atoms with E-state index < -0.39 is 40.7 Å². The largest absolute Gasteiger partial charge is 0.489 e. The Balaban J connectivity index is 1.92. The fourth-order valence-electron chi connectivity index (χ4n) is 3.29. The van der Waals surface area contributed by atoms with E-state index in [1.165, 1.54) is 12.1 Å². The highest BCUT2D eigenvalue weighted by Crippen LogP contribution is 2.36. The molecule has 3 rings (SSSR count). The van der Waals surface area contributed by atoms with Gasteiger partial charge >= 0.3 is 0 Å². The zero-order valence-electron chi connectivity index (χ0n) is 18.5. The molecule has 1 aliphatic heterocycles. The summed E-state index contributed by atoms with van der Waals surface area (Å²) in [6.07, 6.45) is -0.263. The van der Waals surface area contributed by atoms with E-state index in [2.05, 4.69) is 4.98 Å². The molecule has 0 saturated carbocycles. The van der Waals surface area contributed by atoms with Crippen LogP contribution in [0.25, 0.3) is 0 Å². The van der Waals surface area contributed by atoms with Crippen molar-refractivity contribution < 1.29 is 32.5 Å². The number of nitriles is 2. The van der Waals surface area contributed by atoms with Crippen molar-refractivity contribution in [3.63, 3.8) is 0 Å². The summed E-state index contributed by atoms with van der Waals surface area (Å²) in [5, 5.41) is 38.7. The van der Waals surface area contributed by atoms with E-state index in [0.29, 0.717) is 0 Å². The Bertz CT molecular complexity index is 1240. The van der Waals surface area contributed by atoms with Gasteiger partial charge in [0.25, 0.3) is 0 Å². The van der Waals surface area contributed by atoms with Gasteiger partial charge in [0.2, 0.25) is 10.0 Å². The maximum atomic E-state index is 14.3. The van der Waals surface area contributed by atoms with Crippen molar-refractivity contribution >= 4 is 10.0 Å². The third-order valence-electron chi connectivity index (χ3n) is 5.18. The van der Waals surface area contributed by atoms with Crippen LogP contribution in [0.3, 0.4) is 0 Å². The highest BCUT2D eigenvalue weighted by molar-refractivity contribution is 7.89. The number of hydrogen-bond donors (Lipinski definition) is 2. The number of β-amino-alcohol motifs (C(OH)–C–C–N with tert-alkyl or cyclic N) is 1. The average Bonchev–Trinajstić information content (AvgIpc) is 3.16. The molecule has 0 spiro atoms. The van der Waals surface area contributed by atoms with Crippen LogP contribution in [0.2, 0.25) is 0 Å². The lowest BCUT2D eigenvalue weighted by Gasteiger charge is -2.28. The van der Waals surface area contributed by atoms with Crippen molar-refractivity contribution in [3.05, 3.63) is 47.5 Å². The van der Waals surface area contributed by atoms with Gasteiger partial charge in [-0.05, 0) is 18.1 Å². The molecule has 0 amide bonds. The molecule has 1 aliphatic rings. The molecule has 1 fully saturated rings. The first-order chi connectivity index (χ1) is 16.0. The van der Waals surface area contributed by atoms with Gasteiger partial charge in [-0.2, -0.15) is 14.8 Å². The molecule has 34 heavy (non-hydrogen) atoms. The van der Waals surface area contributed by atoms with Crippen LogP contribution in [0, 0.1) is 34.4 Å². The van der Waals surface area contributed by atoms with E-state index in [9.17, 15) is 23.0 Å². The van der Waals surface area contributed by atoms with Gasteiger partial charge in [0.15, 0.2) is 11.5 Å². The van der Waals surface area contributed by atoms with E-state index in [0.717, 1.165) is 22.6 Å². The van der Waals surface area contributed by atoms with Crippen molar-refractivity contribution in [3.8, 4) is 23.6 Å². The monoisotopic (exact) mass is 490 g/mol. The Morgan fingerprint density at radius 2 is 2.03 bits per heavy atom. The summed E-state index contributed by atoms with van der Waals surface area (Å²) in [7, 11) is -4.16. The molecule has 10 nitrogen and oxygen atoms in total. The third-order valence-corrected chi connectivity index (χ3v) is 6.97. The zero-order chi connectivity index (χ0) is 25.1. The predicted molar refractivity (Wildman–Crippen MR) is 116 cm³/mol. The Labute approximate surface area is 196 Å². The van der Waals surface area contributed by atoms with Crippen molar-refractivity contribution in [1.82, 2.24) is 9.29 Å². The topological polar surface area (TPSA) is 157 Å². The summed E-state index contributed by atoms with van der Waals surface area (Å²) in [5.74, 6) is -0.878. The molecule has 1 unspecified atom stereocenters. The highest BCUT2D eigenvalue weighted by Gasteiger charge is 2.51. The molecule has 0 aliphatic carbocycles. The van der Waals surface area contributed by atoms with Gasteiger partial charge in [-0.1, -0.05) is 13.8 Å². The van der Waals surface area contributed by atoms with Crippen LogP contribution < -0.4 is 9.47 Å². The fourth-order valence-corrected chi connectivity index (χ4v) is 4.74. The minimum Gasteiger partial charge on any atom is -0.489 e. The van der Waals surface area contributed by atoms with Crippen LogP contribution in [0.4, 0.5) is 4.39 Å². The number of ether oxygens (including phenoxy) is 2. The molecule has 2 atom stereocenters. The number of aliphatic hydroxyl groups excluding tert-OH is 1. The van der Waals surface area contributed by atoms with Crippen LogP contribution >= 0.6 is 0 Å². The van der Waals surface area contributed by atoms with Crippen LogP contribution in [-0.2, 0) is 10.0 Å². The first kappa shape index (κ1) is 25.3. The highest BCUT2D eigenvalue weighted by atomic mass is 32.2. The average molecular weight is 491 g/mol. The van der Waals surface area contributed by atoms with Crippen molar-refractivity contribution in [2.75, 3.05) is 26.3 Å². The van der Waals surface area contributed by atoms with Gasteiger partial charge in [0.05, 0.1) is 25.3 Å². The molecule has 1 saturated heterocycles. The summed E-state index contributed by atoms with van der Waals surface area (Å²) in [6.45, 7) is 2.29. The SMILES string of the molecule is CC(C)COc1cc(C#N)c(F)cc1OC1CN(S(=O)(=O)c2ccc(C#N)nc2)C[C@@]1(O)CO. The van der Waals surface area contributed by atoms with E-state index in [1.54, 1.807) is 12.1 Å². The minimum absolute atomic E-state index is 0.0326. The molecule has 2 aromatic rings. The standard InChI is InChI=1S/C22H23FN4O6S/c1-14(2)11-32-19-5-15(7-24)18(23)6-20(19)33-21-10-27(12-22(21,29)13-28)34(30,31)17-4-3-16(8-25)26-9-17/h3-6,9,14,21,28-29H,10-13H2,1-2H3/t21?,22-/m1/s1. The number of halogens is 1. The number of rotatable bonds is 8. The summed E-state index contributed by atoms with van der Waals surface area (Å²) in [5.41, 5.74) is -2.25. The second kappa shape index (κ2) is 9.91. The minimum atomic E-state index is -4.16. The first-order valence-electron chi connectivity index (χ1n) is 10.3.